The molecular formula is C16H27NOS. The summed E-state index contributed by atoms with van der Waals surface area (Å²) in [4.78, 5) is 2.91. The molecule has 0 aliphatic carbocycles. The lowest BCUT2D eigenvalue weighted by atomic mass is 9.82. The van der Waals surface area contributed by atoms with Gasteiger partial charge in [-0.15, -0.1) is 11.3 Å². The molecule has 5 unspecified atom stereocenters. The summed E-state index contributed by atoms with van der Waals surface area (Å²) in [5, 5.41) is 3.71. The molecule has 5 atom stereocenters. The second kappa shape index (κ2) is 5.94. The molecule has 1 aliphatic rings. The summed E-state index contributed by atoms with van der Waals surface area (Å²) >= 11 is 1.94. The standard InChI is InChI=1S/C16H27NOS/c1-7-17-15(16-9(2)8-10(3)19-16)14-11(4)12(5)18-13(14)6/h8,11-15,17H,7H2,1-6H3. The van der Waals surface area contributed by atoms with Gasteiger partial charge in [-0.1, -0.05) is 13.8 Å². The minimum absolute atomic E-state index is 0.329. The van der Waals surface area contributed by atoms with Crippen LogP contribution < -0.4 is 5.32 Å². The van der Waals surface area contributed by atoms with Crippen molar-refractivity contribution in [1.29, 1.82) is 0 Å². The fourth-order valence-electron chi connectivity index (χ4n) is 3.46. The molecule has 2 nitrogen and oxygen atoms in total. The highest BCUT2D eigenvalue weighted by molar-refractivity contribution is 7.12. The van der Waals surface area contributed by atoms with Gasteiger partial charge in [0.2, 0.25) is 0 Å². The maximum atomic E-state index is 6.05. The van der Waals surface area contributed by atoms with E-state index in [2.05, 4.69) is 52.9 Å². The number of nitrogens with one attached hydrogen (secondary N) is 1. The molecule has 1 aromatic heterocycles. The zero-order chi connectivity index (χ0) is 14.2. The second-order valence-corrected chi connectivity index (χ2v) is 7.21. The van der Waals surface area contributed by atoms with Crippen LogP contribution in [0.5, 0.6) is 0 Å². The molecule has 0 aromatic carbocycles. The van der Waals surface area contributed by atoms with Crippen molar-refractivity contribution in [2.75, 3.05) is 6.54 Å². The van der Waals surface area contributed by atoms with Crippen LogP contribution in [-0.2, 0) is 4.74 Å². The summed E-state index contributed by atoms with van der Waals surface area (Å²) < 4.78 is 6.05. The molecule has 0 bridgehead atoms. The maximum Gasteiger partial charge on any atom is 0.0600 e. The third-order valence-corrected chi connectivity index (χ3v) is 5.73. The van der Waals surface area contributed by atoms with Crippen LogP contribution in [0.15, 0.2) is 6.07 Å². The van der Waals surface area contributed by atoms with E-state index in [1.807, 2.05) is 11.3 Å². The van der Waals surface area contributed by atoms with E-state index in [1.165, 1.54) is 15.3 Å². The predicted molar refractivity (Wildman–Crippen MR) is 82.9 cm³/mol. The first-order valence-electron chi connectivity index (χ1n) is 7.41. The molecule has 1 fully saturated rings. The minimum atomic E-state index is 0.329. The van der Waals surface area contributed by atoms with Crippen LogP contribution >= 0.6 is 11.3 Å². The van der Waals surface area contributed by atoms with E-state index in [-0.39, 0.29) is 0 Å². The van der Waals surface area contributed by atoms with E-state index in [1.54, 1.807) is 0 Å². The molecule has 2 rings (SSSR count). The van der Waals surface area contributed by atoms with Gasteiger partial charge in [0, 0.05) is 21.7 Å². The molecule has 1 aromatic rings. The van der Waals surface area contributed by atoms with Crippen molar-refractivity contribution in [2.45, 2.75) is 59.8 Å². The second-order valence-electron chi connectivity index (χ2n) is 5.92. The van der Waals surface area contributed by atoms with Crippen LogP contribution in [0.3, 0.4) is 0 Å². The lowest BCUT2D eigenvalue weighted by molar-refractivity contribution is 0.0477. The van der Waals surface area contributed by atoms with Gasteiger partial charge in [0.15, 0.2) is 0 Å². The van der Waals surface area contributed by atoms with Gasteiger partial charge in [0.1, 0.15) is 0 Å². The SMILES string of the molecule is CCNC(c1sc(C)cc1C)C1C(C)OC(C)C1C. The molecule has 1 N–H and O–H groups in total. The molecule has 3 heteroatoms. The molecule has 19 heavy (non-hydrogen) atoms. The minimum Gasteiger partial charge on any atom is -0.375 e. The molecular weight excluding hydrogens is 254 g/mol. The van der Waals surface area contributed by atoms with Crippen molar-refractivity contribution in [2.24, 2.45) is 11.8 Å². The van der Waals surface area contributed by atoms with Crippen LogP contribution in [0, 0.1) is 25.7 Å². The summed E-state index contributed by atoms with van der Waals surface area (Å²) in [7, 11) is 0. The predicted octanol–water partition coefficient (Wildman–Crippen LogP) is 4.08. The van der Waals surface area contributed by atoms with Crippen molar-refractivity contribution in [3.8, 4) is 0 Å². The van der Waals surface area contributed by atoms with E-state index in [9.17, 15) is 0 Å². The zero-order valence-corrected chi connectivity index (χ0v) is 13.8. The third-order valence-electron chi connectivity index (χ3n) is 4.49. The molecule has 108 valence electrons. The Bertz CT molecular complexity index is 428. The highest BCUT2D eigenvalue weighted by Crippen LogP contribution is 2.43. The lowest BCUT2D eigenvalue weighted by Crippen LogP contribution is -2.34. The van der Waals surface area contributed by atoms with Crippen LogP contribution in [0.25, 0.3) is 0 Å². The first kappa shape index (κ1) is 15.0. The van der Waals surface area contributed by atoms with Gasteiger partial charge in [0.25, 0.3) is 0 Å². The Morgan fingerprint density at radius 1 is 1.26 bits per heavy atom. The van der Waals surface area contributed by atoms with Gasteiger partial charge in [0.05, 0.1) is 12.2 Å². The largest absolute Gasteiger partial charge is 0.375 e. The van der Waals surface area contributed by atoms with E-state index in [0.717, 1.165) is 6.54 Å². The quantitative estimate of drug-likeness (QED) is 0.898. The number of rotatable bonds is 4. The third kappa shape index (κ3) is 2.88. The van der Waals surface area contributed by atoms with Gasteiger partial charge in [-0.3, -0.25) is 0 Å². The molecule has 1 aliphatic heterocycles. The van der Waals surface area contributed by atoms with Gasteiger partial charge in [-0.2, -0.15) is 0 Å². The van der Waals surface area contributed by atoms with Crippen molar-refractivity contribution in [1.82, 2.24) is 5.32 Å². The smallest absolute Gasteiger partial charge is 0.0600 e. The van der Waals surface area contributed by atoms with Crippen molar-refractivity contribution >= 4 is 11.3 Å². The number of thiophene rings is 1. The van der Waals surface area contributed by atoms with Crippen LogP contribution in [-0.4, -0.2) is 18.8 Å². The molecule has 0 saturated carbocycles. The molecule has 2 heterocycles. The van der Waals surface area contributed by atoms with Crippen LogP contribution in [0.1, 0.15) is 49.1 Å². The fourth-order valence-corrected chi connectivity index (χ4v) is 4.63. The Labute approximate surface area is 121 Å². The summed E-state index contributed by atoms with van der Waals surface area (Å²) in [6, 6.07) is 2.73. The molecule has 0 spiro atoms. The van der Waals surface area contributed by atoms with Crippen LogP contribution in [0.2, 0.25) is 0 Å². The summed E-state index contributed by atoms with van der Waals surface area (Å²) in [6.45, 7) is 14.4. The fraction of sp³-hybridized carbons (Fsp3) is 0.750. The number of hydrogen-bond acceptors (Lipinski definition) is 3. The van der Waals surface area contributed by atoms with E-state index >= 15 is 0 Å². The summed E-state index contributed by atoms with van der Waals surface area (Å²) in [5.41, 5.74) is 1.42. The summed E-state index contributed by atoms with van der Waals surface area (Å²) in [6.07, 6.45) is 0.693. The first-order chi connectivity index (χ1) is 8.95. The Kier molecular flexibility index (Phi) is 4.70. The Hall–Kier alpha value is -0.380. The number of hydrogen-bond donors (Lipinski definition) is 1. The maximum absolute atomic E-state index is 6.05. The Morgan fingerprint density at radius 2 is 1.95 bits per heavy atom. The summed E-state index contributed by atoms with van der Waals surface area (Å²) in [5.74, 6) is 1.16. The first-order valence-corrected chi connectivity index (χ1v) is 8.23. The van der Waals surface area contributed by atoms with Gasteiger partial charge in [-0.25, -0.2) is 0 Å². The van der Waals surface area contributed by atoms with E-state index in [4.69, 9.17) is 4.74 Å². The topological polar surface area (TPSA) is 21.3 Å². The van der Waals surface area contributed by atoms with Crippen LogP contribution in [0.4, 0.5) is 0 Å². The number of ether oxygens (including phenoxy) is 1. The van der Waals surface area contributed by atoms with Crippen molar-refractivity contribution in [3.05, 3.63) is 21.4 Å². The average molecular weight is 281 g/mol. The molecule has 1 saturated heterocycles. The average Bonchev–Trinajstić information content (AvgIpc) is 2.78. The Morgan fingerprint density at radius 3 is 2.37 bits per heavy atom. The normalized spacial score (nSPS) is 32.7. The van der Waals surface area contributed by atoms with Gasteiger partial charge >= 0.3 is 0 Å². The van der Waals surface area contributed by atoms with E-state index in [0.29, 0.717) is 30.1 Å². The van der Waals surface area contributed by atoms with E-state index < -0.39 is 0 Å². The molecule has 0 radical (unpaired) electrons. The monoisotopic (exact) mass is 281 g/mol. The highest BCUT2D eigenvalue weighted by Gasteiger charge is 2.42. The zero-order valence-electron chi connectivity index (χ0n) is 13.0. The molecule has 0 amide bonds. The lowest BCUT2D eigenvalue weighted by Gasteiger charge is -2.29. The van der Waals surface area contributed by atoms with Gasteiger partial charge < -0.3 is 10.1 Å². The highest BCUT2D eigenvalue weighted by atomic mass is 32.1. The Balaban J connectivity index is 2.32. The van der Waals surface area contributed by atoms with Crippen molar-refractivity contribution in [3.63, 3.8) is 0 Å². The number of aryl methyl sites for hydroxylation is 2. The van der Waals surface area contributed by atoms with Crippen molar-refractivity contribution < 1.29 is 4.74 Å². The van der Waals surface area contributed by atoms with Gasteiger partial charge in [-0.05, 0) is 51.8 Å².